The van der Waals surface area contributed by atoms with Crippen LogP contribution < -0.4 is 9.64 Å². The van der Waals surface area contributed by atoms with E-state index in [9.17, 15) is 0 Å². The summed E-state index contributed by atoms with van der Waals surface area (Å²) in [6, 6.07) is 24.3. The van der Waals surface area contributed by atoms with Crippen LogP contribution >= 0.6 is 9.69 Å². The van der Waals surface area contributed by atoms with Gasteiger partial charge in [-0.05, 0) is 61.1 Å². The van der Waals surface area contributed by atoms with Crippen LogP contribution in [0.25, 0.3) is 0 Å². The Hall–Kier alpha value is -1.96. The van der Waals surface area contributed by atoms with Gasteiger partial charge in [0.25, 0.3) is 0 Å². The average Bonchev–Trinajstić information content (AvgIpc) is 3.18. The van der Waals surface area contributed by atoms with Crippen LogP contribution in [-0.4, -0.2) is 16.3 Å². The maximum absolute atomic E-state index is 5.72. The van der Waals surface area contributed by atoms with Crippen molar-refractivity contribution in [3.05, 3.63) is 109 Å². The van der Waals surface area contributed by atoms with Gasteiger partial charge in [-0.3, -0.25) is 0 Å². The van der Waals surface area contributed by atoms with Crippen LogP contribution in [0, 0.1) is 19.9 Å². The van der Waals surface area contributed by atoms with Crippen molar-refractivity contribution in [1.29, 1.82) is 0 Å². The van der Waals surface area contributed by atoms with Gasteiger partial charge in [0.1, 0.15) is 0 Å². The summed E-state index contributed by atoms with van der Waals surface area (Å²) in [6.45, 7) is 27.6. The van der Waals surface area contributed by atoms with Gasteiger partial charge in [-0.15, -0.1) is 5.41 Å². The van der Waals surface area contributed by atoms with E-state index in [0.717, 1.165) is 24.2 Å². The molecule has 0 saturated carbocycles. The average molecular weight is 704 g/mol. The summed E-state index contributed by atoms with van der Waals surface area (Å²) in [5, 5.41) is 0. The maximum Gasteiger partial charge on any atom is -0.358 e. The molecule has 3 aromatic rings. The molecule has 1 heterocycles. The minimum absolute atomic E-state index is 0. The van der Waals surface area contributed by atoms with Crippen molar-refractivity contribution in [2.75, 3.05) is 4.90 Å². The molecule has 1 aliphatic rings. The van der Waals surface area contributed by atoms with Crippen molar-refractivity contribution in [1.82, 2.24) is 0 Å². The number of para-hydroxylation sites is 2. The molecule has 0 amide bonds. The number of hydrogen-bond donors (Lipinski definition) is 0. The van der Waals surface area contributed by atoms with Gasteiger partial charge in [0.2, 0.25) is 0 Å². The van der Waals surface area contributed by atoms with Crippen molar-refractivity contribution >= 4 is 20.0 Å². The van der Waals surface area contributed by atoms with E-state index in [2.05, 4.69) is 116 Å². The first kappa shape index (κ1) is 38.2. The zero-order valence-electron chi connectivity index (χ0n) is 29.3. The zero-order chi connectivity index (χ0) is 31.9. The summed E-state index contributed by atoms with van der Waals surface area (Å²) >= 11 is -0.191. The fraction of sp³-hybridized carbons (Fsp3) is 0.475. The second kappa shape index (κ2) is 16.6. The number of anilines is 1. The molecule has 0 spiro atoms. The van der Waals surface area contributed by atoms with Gasteiger partial charge in [-0.2, -0.15) is 0 Å². The van der Waals surface area contributed by atoms with Crippen molar-refractivity contribution in [3.63, 3.8) is 0 Å². The molecule has 0 N–H and O–H groups in total. The number of benzene rings is 3. The molecule has 0 bridgehead atoms. The Morgan fingerprint density at radius 2 is 1.41 bits per heavy atom. The Balaban J connectivity index is 0.000000406. The molecule has 245 valence electrons. The summed E-state index contributed by atoms with van der Waals surface area (Å²) in [7, 11) is 5.72. The molecule has 4 heteroatoms. The van der Waals surface area contributed by atoms with E-state index in [1.165, 1.54) is 27.9 Å². The number of halogens is 1. The number of ether oxygens (including phenoxy) is 1. The molecule has 4 rings (SSSR count). The third-order valence-electron chi connectivity index (χ3n) is 8.14. The normalized spacial score (nSPS) is 18.0. The SMILES string of the molecule is CC(C)Cc1ccc(C2(C)[CH-]N(c3c(C(C)C)cccc3C(C)C)C(C)(C)C2)cc1.CC(C)Oc1ccccc1[CH]=[Ru][Cl].[CH3-]. The molecule has 1 fully saturated rings. The molecular weight excluding hydrogens is 647 g/mol. The second-order valence-corrected chi connectivity index (χ2v) is 16.0. The molecule has 1 saturated heterocycles. The van der Waals surface area contributed by atoms with Crippen LogP contribution in [-0.2, 0) is 27.5 Å². The van der Waals surface area contributed by atoms with Crippen LogP contribution in [0.15, 0.2) is 66.7 Å². The fourth-order valence-corrected chi connectivity index (χ4v) is 7.39. The summed E-state index contributed by atoms with van der Waals surface area (Å²) < 4.78 is 7.66. The first-order valence-electron chi connectivity index (χ1n) is 15.9. The quantitative estimate of drug-likeness (QED) is 0.162. The standard InChI is InChI=1S/C29H42N.C10H12O.CH3.ClH.Ru/c1-20(2)17-23-13-15-24(16-14-23)29(9)18-28(7,8)30(19-29)27-25(21(3)4)11-10-12-26(27)22(5)6;1-8(2)11-10-7-5-4-6-9(10)3;;;/h10-16,19-22H,17-18H2,1-9H3;3-8H,1-2H3;1H3;1H;/q-1;;-1;;+1/p-1. The molecule has 0 radical (unpaired) electrons. The summed E-state index contributed by atoms with van der Waals surface area (Å²) in [5.41, 5.74) is 8.44. The van der Waals surface area contributed by atoms with E-state index in [1.807, 2.05) is 42.7 Å². The van der Waals surface area contributed by atoms with Gasteiger partial charge < -0.3 is 12.3 Å². The number of hydrogen-bond acceptors (Lipinski definition) is 2. The molecule has 1 aliphatic heterocycles. The van der Waals surface area contributed by atoms with Crippen LogP contribution in [0.5, 0.6) is 5.75 Å². The third kappa shape index (κ3) is 9.77. The molecular formula is C40H57ClNORu-2. The van der Waals surface area contributed by atoms with Crippen LogP contribution in [0.1, 0.15) is 122 Å². The Morgan fingerprint density at radius 3 is 1.91 bits per heavy atom. The van der Waals surface area contributed by atoms with Crippen molar-refractivity contribution in [2.45, 2.75) is 118 Å². The minimum Gasteiger partial charge on any atom is -0.358 e. The molecule has 44 heavy (non-hydrogen) atoms. The molecule has 2 nitrogen and oxygen atoms in total. The Bertz CT molecular complexity index is 1320. The number of nitrogens with zero attached hydrogens (tertiary/aromatic N) is 1. The Labute approximate surface area is 282 Å². The topological polar surface area (TPSA) is 12.5 Å². The van der Waals surface area contributed by atoms with Crippen LogP contribution in [0.4, 0.5) is 5.69 Å². The first-order valence-corrected chi connectivity index (χ1v) is 19.1. The molecule has 1 unspecified atom stereocenters. The fourth-order valence-electron chi connectivity index (χ4n) is 6.28. The molecule has 0 aliphatic carbocycles. The van der Waals surface area contributed by atoms with Gasteiger partial charge in [0.05, 0.1) is 0 Å². The predicted octanol–water partition coefficient (Wildman–Crippen LogP) is 11.6. The van der Waals surface area contributed by atoms with Crippen molar-refractivity contribution in [2.24, 2.45) is 5.92 Å². The van der Waals surface area contributed by atoms with Gasteiger partial charge in [-0.1, -0.05) is 96.5 Å². The molecule has 0 aromatic heterocycles. The number of rotatable bonds is 9. The van der Waals surface area contributed by atoms with E-state index in [4.69, 9.17) is 14.4 Å². The summed E-state index contributed by atoms with van der Waals surface area (Å²) in [5.74, 6) is 2.63. The summed E-state index contributed by atoms with van der Waals surface area (Å²) in [4.78, 5) is 2.61. The first-order chi connectivity index (χ1) is 20.2. The Kier molecular flexibility index (Phi) is 14.4. The third-order valence-corrected chi connectivity index (χ3v) is 9.32. The van der Waals surface area contributed by atoms with Crippen LogP contribution in [0.2, 0.25) is 0 Å². The van der Waals surface area contributed by atoms with E-state index in [1.54, 1.807) is 0 Å². The maximum atomic E-state index is 5.72. The minimum atomic E-state index is -0.191. The Morgan fingerprint density at radius 1 is 0.841 bits per heavy atom. The van der Waals surface area contributed by atoms with Gasteiger partial charge in [0, 0.05) is 11.2 Å². The predicted molar refractivity (Wildman–Crippen MR) is 192 cm³/mol. The monoisotopic (exact) mass is 704 g/mol. The molecule has 1 atom stereocenters. The zero-order valence-corrected chi connectivity index (χ0v) is 31.8. The smallest absolute Gasteiger partial charge is 0.358 e. The van der Waals surface area contributed by atoms with Gasteiger partial charge >= 0.3 is 90.3 Å². The second-order valence-electron chi connectivity index (χ2n) is 14.2. The van der Waals surface area contributed by atoms with Crippen LogP contribution in [0.3, 0.4) is 0 Å². The van der Waals surface area contributed by atoms with Crippen molar-refractivity contribution in [3.8, 4) is 5.75 Å². The van der Waals surface area contributed by atoms with E-state index in [0.29, 0.717) is 17.8 Å². The van der Waals surface area contributed by atoms with Gasteiger partial charge in [0.15, 0.2) is 0 Å². The van der Waals surface area contributed by atoms with E-state index < -0.39 is 0 Å². The van der Waals surface area contributed by atoms with E-state index >= 15 is 0 Å². The van der Waals surface area contributed by atoms with E-state index in [-0.39, 0.29) is 40.2 Å². The van der Waals surface area contributed by atoms with Gasteiger partial charge in [-0.25, -0.2) is 6.54 Å². The van der Waals surface area contributed by atoms with Crippen molar-refractivity contribution < 1.29 is 20.4 Å². The summed E-state index contributed by atoms with van der Waals surface area (Å²) in [6.07, 6.45) is 2.48. The molecule has 3 aromatic carbocycles. The largest absolute Gasteiger partial charge is 0.358 e.